The van der Waals surface area contributed by atoms with Gasteiger partial charge in [-0.2, -0.15) is 4.40 Å². The van der Waals surface area contributed by atoms with Gasteiger partial charge in [0.2, 0.25) is 0 Å². The van der Waals surface area contributed by atoms with Gasteiger partial charge in [-0.15, -0.1) is 0 Å². The van der Waals surface area contributed by atoms with Crippen LogP contribution in [0.3, 0.4) is 0 Å². The Hall–Kier alpha value is -0.00312. The Bertz CT molecular complexity index is 301. The summed E-state index contributed by atoms with van der Waals surface area (Å²) in [5.41, 5.74) is 0. The third kappa shape index (κ3) is 5.93. The third-order valence-electron chi connectivity index (χ3n) is 3.02. The predicted molar refractivity (Wildman–Crippen MR) is 79.5 cm³/mol. The van der Waals surface area contributed by atoms with Gasteiger partial charge in [-0.3, -0.25) is 0 Å². The van der Waals surface area contributed by atoms with Crippen LogP contribution in [0.25, 0.3) is 0 Å². The van der Waals surface area contributed by atoms with Gasteiger partial charge in [0.25, 0.3) is 0 Å². The lowest BCUT2D eigenvalue weighted by Gasteiger charge is -2.35. The van der Waals surface area contributed by atoms with Crippen molar-refractivity contribution in [1.82, 2.24) is 0 Å². The van der Waals surface area contributed by atoms with Crippen molar-refractivity contribution in [3.8, 4) is 0 Å². The van der Waals surface area contributed by atoms with E-state index in [0.717, 1.165) is 0 Å². The lowest BCUT2D eigenvalue weighted by molar-refractivity contribution is 0.343. The SMILES string of the molecule is CC(C)(C)S(=O)N=CCO[Si](C)(C)C(C)(C)C. The van der Waals surface area contributed by atoms with Crippen LogP contribution >= 0.6 is 0 Å². The maximum absolute atomic E-state index is 11.7. The van der Waals surface area contributed by atoms with E-state index in [1.807, 2.05) is 20.8 Å². The fraction of sp³-hybridized carbons (Fsp3) is 0.917. The van der Waals surface area contributed by atoms with Crippen LogP contribution in [0.4, 0.5) is 0 Å². The van der Waals surface area contributed by atoms with E-state index in [2.05, 4.69) is 38.3 Å². The summed E-state index contributed by atoms with van der Waals surface area (Å²) in [6.07, 6.45) is 1.64. The number of hydrogen-bond donors (Lipinski definition) is 0. The summed E-state index contributed by atoms with van der Waals surface area (Å²) in [4.78, 5) is 0. The Morgan fingerprint density at radius 2 is 1.65 bits per heavy atom. The first kappa shape index (κ1) is 17.0. The molecule has 0 N–H and O–H groups in total. The molecule has 0 fully saturated rings. The highest BCUT2D eigenvalue weighted by Gasteiger charge is 2.36. The van der Waals surface area contributed by atoms with Crippen molar-refractivity contribution in [2.45, 2.75) is 64.4 Å². The molecule has 0 saturated heterocycles. The van der Waals surface area contributed by atoms with Gasteiger partial charge in [0.1, 0.15) is 11.0 Å². The van der Waals surface area contributed by atoms with Crippen molar-refractivity contribution in [2.24, 2.45) is 4.40 Å². The van der Waals surface area contributed by atoms with Crippen molar-refractivity contribution in [3.63, 3.8) is 0 Å². The molecule has 0 spiro atoms. The van der Waals surface area contributed by atoms with Crippen LogP contribution in [0.15, 0.2) is 4.40 Å². The van der Waals surface area contributed by atoms with Crippen LogP contribution in [-0.4, -0.2) is 30.1 Å². The normalized spacial score (nSPS) is 16.5. The molecule has 0 aromatic heterocycles. The zero-order valence-electron chi connectivity index (χ0n) is 12.5. The second-order valence-corrected chi connectivity index (χ2v) is 13.5. The van der Waals surface area contributed by atoms with Crippen molar-refractivity contribution in [1.29, 1.82) is 0 Å². The average Bonchev–Trinajstić information content (AvgIpc) is 2.08. The summed E-state index contributed by atoms with van der Waals surface area (Å²) in [7, 11) is -2.89. The Morgan fingerprint density at radius 3 is 2.00 bits per heavy atom. The molecule has 17 heavy (non-hydrogen) atoms. The molecular formula is C12H27NO2SSi. The molecule has 1 unspecified atom stereocenters. The highest BCUT2D eigenvalue weighted by Crippen LogP contribution is 2.36. The smallest absolute Gasteiger partial charge is 0.192 e. The molecule has 3 nitrogen and oxygen atoms in total. The summed E-state index contributed by atoms with van der Waals surface area (Å²) >= 11 is 0. The monoisotopic (exact) mass is 277 g/mol. The van der Waals surface area contributed by atoms with Gasteiger partial charge in [0.05, 0.1) is 11.4 Å². The molecule has 0 aliphatic carbocycles. The zero-order chi connectivity index (χ0) is 13.9. The largest absolute Gasteiger partial charge is 0.412 e. The van der Waals surface area contributed by atoms with Gasteiger partial charge in [0.15, 0.2) is 8.32 Å². The van der Waals surface area contributed by atoms with Crippen LogP contribution in [-0.2, 0) is 15.4 Å². The lowest BCUT2D eigenvalue weighted by atomic mass is 10.2. The minimum atomic E-state index is -1.71. The van der Waals surface area contributed by atoms with Crippen LogP contribution in [0.5, 0.6) is 0 Å². The Kier molecular flexibility index (Phi) is 5.76. The van der Waals surface area contributed by atoms with Gasteiger partial charge in [-0.25, -0.2) is 4.21 Å². The maximum Gasteiger partial charge on any atom is 0.192 e. The van der Waals surface area contributed by atoms with Gasteiger partial charge in [0, 0.05) is 6.21 Å². The Morgan fingerprint density at radius 1 is 1.18 bits per heavy atom. The maximum atomic E-state index is 11.7. The fourth-order valence-corrected chi connectivity index (χ4v) is 2.16. The van der Waals surface area contributed by atoms with Crippen LogP contribution in [0, 0.1) is 0 Å². The third-order valence-corrected chi connectivity index (χ3v) is 8.91. The number of hydrogen-bond acceptors (Lipinski definition) is 2. The quantitative estimate of drug-likeness (QED) is 0.582. The van der Waals surface area contributed by atoms with Crippen molar-refractivity contribution >= 4 is 25.5 Å². The molecule has 0 rings (SSSR count). The van der Waals surface area contributed by atoms with Crippen LogP contribution in [0.2, 0.25) is 18.1 Å². The molecule has 0 bridgehead atoms. The highest BCUT2D eigenvalue weighted by molar-refractivity contribution is 7.85. The highest BCUT2D eigenvalue weighted by atomic mass is 32.2. The van der Waals surface area contributed by atoms with E-state index in [4.69, 9.17) is 4.43 Å². The Balaban J connectivity index is 4.27. The molecule has 102 valence electrons. The second kappa shape index (κ2) is 5.76. The van der Waals surface area contributed by atoms with Gasteiger partial charge < -0.3 is 4.43 Å². The van der Waals surface area contributed by atoms with E-state index in [1.165, 1.54) is 0 Å². The van der Waals surface area contributed by atoms with Crippen LogP contribution in [0.1, 0.15) is 41.5 Å². The van der Waals surface area contributed by atoms with Gasteiger partial charge in [-0.05, 0) is 38.9 Å². The molecule has 0 aliphatic rings. The van der Waals surface area contributed by atoms with Gasteiger partial charge >= 0.3 is 0 Å². The average molecular weight is 278 g/mol. The first-order chi connectivity index (χ1) is 7.38. The van der Waals surface area contributed by atoms with Crippen molar-refractivity contribution in [3.05, 3.63) is 0 Å². The summed E-state index contributed by atoms with van der Waals surface area (Å²) in [6.45, 7) is 17.2. The van der Waals surface area contributed by atoms with E-state index in [1.54, 1.807) is 6.21 Å². The second-order valence-electron chi connectivity index (χ2n) is 6.72. The predicted octanol–water partition coefficient (Wildman–Crippen LogP) is 3.54. The van der Waals surface area contributed by atoms with E-state index in [-0.39, 0.29) is 9.79 Å². The summed E-state index contributed by atoms with van der Waals surface area (Å²) < 4.78 is 21.3. The van der Waals surface area contributed by atoms with E-state index in [9.17, 15) is 4.21 Å². The minimum Gasteiger partial charge on any atom is -0.412 e. The molecule has 0 aromatic carbocycles. The number of rotatable bonds is 4. The summed E-state index contributed by atoms with van der Waals surface area (Å²) in [6, 6.07) is 0. The standard InChI is InChI=1S/C12H27NO2SSi/c1-11(2,3)16(14)13-9-10-15-17(7,8)12(4,5)6/h9H,10H2,1-8H3. The molecule has 0 aliphatic heterocycles. The summed E-state index contributed by atoms with van der Waals surface area (Å²) in [5, 5.41) is 0.198. The van der Waals surface area contributed by atoms with E-state index >= 15 is 0 Å². The molecule has 0 amide bonds. The lowest BCUT2D eigenvalue weighted by Crippen LogP contribution is -2.41. The zero-order valence-corrected chi connectivity index (χ0v) is 14.3. The van der Waals surface area contributed by atoms with E-state index in [0.29, 0.717) is 6.61 Å². The summed E-state index contributed by atoms with van der Waals surface area (Å²) in [5.74, 6) is 0. The molecule has 0 radical (unpaired) electrons. The van der Waals surface area contributed by atoms with E-state index < -0.39 is 19.3 Å². The molecule has 5 heteroatoms. The Labute approximate surface area is 110 Å². The molecule has 0 aromatic rings. The van der Waals surface area contributed by atoms with Crippen molar-refractivity contribution in [2.75, 3.05) is 6.61 Å². The first-order valence-corrected chi connectivity index (χ1v) is 9.98. The van der Waals surface area contributed by atoms with Crippen molar-refractivity contribution < 1.29 is 8.63 Å². The number of nitrogens with zero attached hydrogens (tertiary/aromatic N) is 1. The van der Waals surface area contributed by atoms with Gasteiger partial charge in [-0.1, -0.05) is 20.8 Å². The first-order valence-electron chi connectivity index (χ1n) is 5.96. The topological polar surface area (TPSA) is 38.7 Å². The molecular weight excluding hydrogens is 250 g/mol. The minimum absolute atomic E-state index is 0.198. The molecule has 0 heterocycles. The van der Waals surface area contributed by atoms with Crippen LogP contribution < -0.4 is 0 Å². The molecule has 0 saturated carbocycles. The molecule has 1 atom stereocenters. The fourth-order valence-electron chi connectivity index (χ4n) is 0.718.